The molecule has 0 amide bonds. The van der Waals surface area contributed by atoms with Crippen LogP contribution >= 0.6 is 0 Å². The third kappa shape index (κ3) is 2.91. The van der Waals surface area contributed by atoms with E-state index in [1.165, 1.54) is 6.92 Å². The topological polar surface area (TPSA) is 26.3 Å². The first-order chi connectivity index (χ1) is 8.81. The van der Waals surface area contributed by atoms with Crippen LogP contribution in [0.15, 0.2) is 11.8 Å². The third-order valence-electron chi connectivity index (χ3n) is 2.29. The van der Waals surface area contributed by atoms with E-state index in [-0.39, 0.29) is 5.57 Å². The van der Waals surface area contributed by atoms with E-state index in [0.717, 1.165) is 13.2 Å². The zero-order valence-corrected chi connectivity index (χ0v) is 9.94. The molecular weight excluding hydrogens is 271 g/mol. The van der Waals surface area contributed by atoms with Gasteiger partial charge in [-0.3, -0.25) is 4.79 Å². The van der Waals surface area contributed by atoms with E-state index in [2.05, 4.69) is 0 Å². The number of hydrogen-bond acceptors (Lipinski definition) is 2. The molecule has 0 heterocycles. The molecule has 0 unspecified atom stereocenters. The van der Waals surface area contributed by atoms with Gasteiger partial charge >= 0.3 is 0 Å². The number of hydrogen-bond donors (Lipinski definition) is 0. The van der Waals surface area contributed by atoms with Crippen LogP contribution in [0, 0.1) is 29.1 Å². The van der Waals surface area contributed by atoms with Crippen molar-refractivity contribution in [3.8, 4) is 0 Å². The molecule has 0 spiro atoms. The molecular formula is C12H9F5O2. The van der Waals surface area contributed by atoms with Crippen LogP contribution in [-0.4, -0.2) is 6.29 Å². The van der Waals surface area contributed by atoms with Gasteiger partial charge in [0.1, 0.15) is 12.4 Å². The Bertz CT molecular complexity index is 510. The lowest BCUT2D eigenvalue weighted by molar-refractivity contribution is -0.105. The zero-order valence-electron chi connectivity index (χ0n) is 9.94. The van der Waals surface area contributed by atoms with Gasteiger partial charge < -0.3 is 4.74 Å². The van der Waals surface area contributed by atoms with Crippen molar-refractivity contribution in [2.24, 2.45) is 0 Å². The smallest absolute Gasteiger partial charge is 0.200 e. The van der Waals surface area contributed by atoms with Crippen molar-refractivity contribution in [1.29, 1.82) is 0 Å². The van der Waals surface area contributed by atoms with E-state index in [1.807, 2.05) is 0 Å². The summed E-state index contributed by atoms with van der Waals surface area (Å²) in [6.07, 6.45) is -0.166. The minimum Gasteiger partial charge on any atom is -0.493 e. The maximum atomic E-state index is 13.4. The third-order valence-corrected chi connectivity index (χ3v) is 2.29. The van der Waals surface area contributed by atoms with Gasteiger partial charge in [-0.15, -0.1) is 0 Å². The quantitative estimate of drug-likeness (QED) is 0.210. The molecule has 2 nitrogen and oxygen atoms in total. The van der Waals surface area contributed by atoms with Crippen molar-refractivity contribution in [2.45, 2.75) is 20.0 Å². The number of allylic oxidation sites excluding steroid dienone is 1. The van der Waals surface area contributed by atoms with Crippen molar-refractivity contribution in [2.75, 3.05) is 0 Å². The minimum absolute atomic E-state index is 0.0933. The first-order valence-corrected chi connectivity index (χ1v) is 5.10. The molecule has 0 saturated carbocycles. The van der Waals surface area contributed by atoms with Crippen molar-refractivity contribution in [3.63, 3.8) is 0 Å². The fraction of sp³-hybridized carbons (Fsp3) is 0.250. The molecule has 0 bridgehead atoms. The van der Waals surface area contributed by atoms with Crippen LogP contribution in [0.4, 0.5) is 22.0 Å². The Balaban J connectivity index is 3.24. The molecule has 1 aromatic carbocycles. The monoisotopic (exact) mass is 280 g/mol. The molecule has 0 aliphatic heterocycles. The van der Waals surface area contributed by atoms with Gasteiger partial charge in [0, 0.05) is 5.57 Å². The summed E-state index contributed by atoms with van der Waals surface area (Å²) < 4.78 is 70.2. The summed E-state index contributed by atoms with van der Waals surface area (Å²) in [4.78, 5) is 10.3. The van der Waals surface area contributed by atoms with Gasteiger partial charge in [0.05, 0.1) is 11.8 Å². The first kappa shape index (κ1) is 15.1. The number of carbonyl (C=O) groups excluding carboxylic acids is 1. The minimum atomic E-state index is -2.23. The van der Waals surface area contributed by atoms with Crippen molar-refractivity contribution >= 4 is 6.29 Å². The van der Waals surface area contributed by atoms with Crippen LogP contribution in [-0.2, 0) is 9.53 Å². The Hall–Kier alpha value is -1.92. The fourth-order valence-electron chi connectivity index (χ4n) is 1.28. The molecule has 0 N–H and O–H groups in total. The molecule has 1 rings (SSSR count). The van der Waals surface area contributed by atoms with Crippen LogP contribution < -0.4 is 0 Å². The molecule has 0 saturated heterocycles. The second-order valence-corrected chi connectivity index (χ2v) is 3.74. The number of aldehydes is 1. The molecule has 7 heteroatoms. The summed E-state index contributed by atoms with van der Waals surface area (Å²) in [6.45, 7) is 2.44. The first-order valence-electron chi connectivity index (χ1n) is 5.10. The van der Waals surface area contributed by atoms with Crippen LogP contribution in [0.5, 0.6) is 0 Å². The largest absolute Gasteiger partial charge is 0.493 e. The van der Waals surface area contributed by atoms with E-state index in [4.69, 9.17) is 4.74 Å². The average molecular weight is 280 g/mol. The van der Waals surface area contributed by atoms with E-state index in [0.29, 0.717) is 6.29 Å². The molecule has 0 fully saturated rings. The molecule has 0 aliphatic rings. The van der Waals surface area contributed by atoms with Gasteiger partial charge in [-0.2, -0.15) is 0 Å². The van der Waals surface area contributed by atoms with Gasteiger partial charge in [0.2, 0.25) is 5.82 Å². The Morgan fingerprint density at radius 3 is 1.84 bits per heavy atom. The second-order valence-electron chi connectivity index (χ2n) is 3.74. The number of ether oxygens (including phenoxy) is 1. The van der Waals surface area contributed by atoms with Crippen LogP contribution in [0.3, 0.4) is 0 Å². The highest BCUT2D eigenvalue weighted by Crippen LogP contribution is 2.29. The Kier molecular flexibility index (Phi) is 4.63. The zero-order chi connectivity index (χ0) is 14.7. The molecule has 0 radical (unpaired) electrons. The number of carbonyl (C=O) groups is 1. The van der Waals surface area contributed by atoms with E-state index in [9.17, 15) is 26.7 Å². The summed E-state index contributed by atoms with van der Waals surface area (Å²) in [5.41, 5.74) is -0.998. The predicted molar refractivity (Wildman–Crippen MR) is 55.6 cm³/mol. The van der Waals surface area contributed by atoms with Crippen LogP contribution in [0.1, 0.15) is 25.5 Å². The lowest BCUT2D eigenvalue weighted by Gasteiger charge is -2.15. The molecule has 1 aromatic rings. The van der Waals surface area contributed by atoms with Gasteiger partial charge in [-0.1, -0.05) is 0 Å². The number of rotatable bonds is 4. The van der Waals surface area contributed by atoms with Crippen molar-refractivity contribution in [3.05, 3.63) is 46.5 Å². The summed E-state index contributed by atoms with van der Waals surface area (Å²) in [5, 5.41) is 0. The molecule has 0 aliphatic carbocycles. The summed E-state index contributed by atoms with van der Waals surface area (Å²) in [7, 11) is 0. The SMILES string of the molecule is C/C(C=O)=C\O[C@@H](C)c1c(F)c(F)c(F)c(F)c1F. The summed E-state index contributed by atoms with van der Waals surface area (Å²) >= 11 is 0. The van der Waals surface area contributed by atoms with Gasteiger partial charge in [-0.25, -0.2) is 22.0 Å². The highest BCUT2D eigenvalue weighted by atomic mass is 19.2. The Morgan fingerprint density at radius 2 is 1.42 bits per heavy atom. The number of benzene rings is 1. The fourth-order valence-corrected chi connectivity index (χ4v) is 1.28. The second kappa shape index (κ2) is 5.81. The van der Waals surface area contributed by atoms with Gasteiger partial charge in [-0.05, 0) is 13.8 Å². The van der Waals surface area contributed by atoms with Gasteiger partial charge in [0.15, 0.2) is 23.3 Å². The van der Waals surface area contributed by atoms with E-state index >= 15 is 0 Å². The van der Waals surface area contributed by atoms with Gasteiger partial charge in [0.25, 0.3) is 0 Å². The normalized spacial score (nSPS) is 13.3. The maximum absolute atomic E-state index is 13.4. The standard InChI is InChI=1S/C12H9F5O2/c1-5(3-18)4-19-6(2)7-8(13)10(15)12(17)11(16)9(7)14/h3-4,6H,1-2H3/b5-4+/t6-/m0/s1. The van der Waals surface area contributed by atoms with E-state index in [1.54, 1.807) is 0 Å². The summed E-state index contributed by atoms with van der Waals surface area (Å²) in [5.74, 6) is -10.2. The van der Waals surface area contributed by atoms with Crippen molar-refractivity contribution < 1.29 is 31.5 Å². The molecule has 1 atom stereocenters. The Morgan fingerprint density at radius 1 is 1.00 bits per heavy atom. The maximum Gasteiger partial charge on any atom is 0.200 e. The highest BCUT2D eigenvalue weighted by molar-refractivity contribution is 5.71. The molecule has 0 aromatic heterocycles. The lowest BCUT2D eigenvalue weighted by atomic mass is 10.1. The average Bonchev–Trinajstić information content (AvgIpc) is 2.40. The van der Waals surface area contributed by atoms with Crippen molar-refractivity contribution in [1.82, 2.24) is 0 Å². The Labute approximate surface area is 105 Å². The van der Waals surface area contributed by atoms with Crippen LogP contribution in [0.25, 0.3) is 0 Å². The van der Waals surface area contributed by atoms with E-state index < -0.39 is 40.8 Å². The predicted octanol–water partition coefficient (Wildman–Crippen LogP) is 3.56. The molecule has 104 valence electrons. The summed E-state index contributed by atoms with van der Waals surface area (Å²) in [6, 6.07) is 0. The lowest BCUT2D eigenvalue weighted by Crippen LogP contribution is -2.10. The van der Waals surface area contributed by atoms with Crippen LogP contribution in [0.2, 0.25) is 0 Å². The highest BCUT2D eigenvalue weighted by Gasteiger charge is 2.29. The molecule has 19 heavy (non-hydrogen) atoms. The number of halogens is 5.